The van der Waals surface area contributed by atoms with Gasteiger partial charge in [-0.1, -0.05) is 6.42 Å². The van der Waals surface area contributed by atoms with Crippen LogP contribution in [0.2, 0.25) is 0 Å². The van der Waals surface area contributed by atoms with Crippen molar-refractivity contribution >= 4 is 29.1 Å². The fourth-order valence-corrected chi connectivity index (χ4v) is 3.20. The molecular formula is C19H27ClN2O2. The standard InChI is InChI=1S/C19H26N2O2.ClH/c1-13(23-3)7-10-19(22)16-8-9-18-17(14(16)2)12-21(20-18)11-15-5-4-6-15;/h8-9,12-13,15H,4-7,10-11H2,1-3H3;1H/t13-;/m0./s1. The lowest BCUT2D eigenvalue weighted by atomic mass is 9.85. The maximum absolute atomic E-state index is 12.5. The van der Waals surface area contributed by atoms with Gasteiger partial charge in [0.05, 0.1) is 11.6 Å². The molecule has 132 valence electrons. The second-order valence-corrected chi connectivity index (χ2v) is 6.83. The van der Waals surface area contributed by atoms with Gasteiger partial charge in [-0.15, -0.1) is 12.4 Å². The summed E-state index contributed by atoms with van der Waals surface area (Å²) in [7, 11) is 1.68. The lowest BCUT2D eigenvalue weighted by Crippen LogP contribution is -2.18. The van der Waals surface area contributed by atoms with Crippen LogP contribution in [0.3, 0.4) is 0 Å². The molecule has 5 heteroatoms. The Morgan fingerprint density at radius 3 is 2.79 bits per heavy atom. The molecule has 0 radical (unpaired) electrons. The monoisotopic (exact) mass is 350 g/mol. The number of benzene rings is 1. The van der Waals surface area contributed by atoms with Gasteiger partial charge in [-0.25, -0.2) is 0 Å². The van der Waals surface area contributed by atoms with Gasteiger partial charge >= 0.3 is 0 Å². The highest BCUT2D eigenvalue weighted by Gasteiger charge is 2.19. The molecule has 2 aromatic rings. The first-order valence-corrected chi connectivity index (χ1v) is 8.61. The van der Waals surface area contributed by atoms with Crippen molar-refractivity contribution in [1.82, 2.24) is 9.78 Å². The number of fused-ring (bicyclic) bond motifs is 1. The third kappa shape index (κ3) is 3.98. The van der Waals surface area contributed by atoms with E-state index in [1.54, 1.807) is 7.11 Å². The topological polar surface area (TPSA) is 44.1 Å². The third-order valence-corrected chi connectivity index (χ3v) is 5.16. The number of ether oxygens (including phenoxy) is 1. The fraction of sp³-hybridized carbons (Fsp3) is 0.579. The van der Waals surface area contributed by atoms with E-state index in [4.69, 9.17) is 4.74 Å². The molecule has 0 spiro atoms. The molecule has 0 N–H and O–H groups in total. The Hall–Kier alpha value is -1.39. The number of aromatic nitrogens is 2. The number of aryl methyl sites for hydroxylation is 1. The minimum atomic E-state index is 0. The quantitative estimate of drug-likeness (QED) is 0.687. The molecule has 1 fully saturated rings. The first-order chi connectivity index (χ1) is 11.1. The van der Waals surface area contributed by atoms with Crippen molar-refractivity contribution in [3.05, 3.63) is 29.5 Å². The van der Waals surface area contributed by atoms with Crippen molar-refractivity contribution in [3.8, 4) is 0 Å². The Morgan fingerprint density at radius 2 is 2.17 bits per heavy atom. The number of hydrogen-bond donors (Lipinski definition) is 0. The summed E-state index contributed by atoms with van der Waals surface area (Å²) in [6.45, 7) is 5.03. The highest BCUT2D eigenvalue weighted by Crippen LogP contribution is 2.29. The van der Waals surface area contributed by atoms with Crippen LogP contribution < -0.4 is 0 Å². The van der Waals surface area contributed by atoms with Gasteiger partial charge in [-0.2, -0.15) is 5.10 Å². The van der Waals surface area contributed by atoms with E-state index in [0.29, 0.717) is 6.42 Å². The highest BCUT2D eigenvalue weighted by atomic mass is 35.5. The Morgan fingerprint density at radius 1 is 1.42 bits per heavy atom. The number of hydrogen-bond acceptors (Lipinski definition) is 3. The van der Waals surface area contributed by atoms with Crippen molar-refractivity contribution in [2.75, 3.05) is 7.11 Å². The Kier molecular flexibility index (Phi) is 6.41. The predicted octanol–water partition coefficient (Wildman–Crippen LogP) is 4.56. The lowest BCUT2D eigenvalue weighted by molar-refractivity contribution is 0.0877. The van der Waals surface area contributed by atoms with E-state index in [1.165, 1.54) is 19.3 Å². The van der Waals surface area contributed by atoms with E-state index in [9.17, 15) is 4.79 Å². The predicted molar refractivity (Wildman–Crippen MR) is 99.1 cm³/mol. The average molecular weight is 351 g/mol. The number of nitrogens with zero attached hydrogens (tertiary/aromatic N) is 2. The van der Waals surface area contributed by atoms with Crippen LogP contribution in [0.4, 0.5) is 0 Å². The number of carbonyl (C=O) groups excluding carboxylic acids is 1. The maximum atomic E-state index is 12.5. The molecule has 0 amide bonds. The van der Waals surface area contributed by atoms with Crippen LogP contribution in [0.25, 0.3) is 10.9 Å². The zero-order valence-electron chi connectivity index (χ0n) is 14.7. The van der Waals surface area contributed by atoms with E-state index in [1.807, 2.05) is 26.0 Å². The van der Waals surface area contributed by atoms with E-state index in [0.717, 1.165) is 40.9 Å². The molecule has 1 aliphatic rings. The van der Waals surface area contributed by atoms with Gasteiger partial charge in [-0.3, -0.25) is 9.48 Å². The van der Waals surface area contributed by atoms with Crippen molar-refractivity contribution in [2.45, 2.75) is 58.6 Å². The molecule has 3 rings (SSSR count). The molecule has 1 aromatic heterocycles. The number of carbonyl (C=O) groups is 1. The van der Waals surface area contributed by atoms with Gasteiger partial charge in [0, 0.05) is 37.2 Å². The summed E-state index contributed by atoms with van der Waals surface area (Å²) in [5.74, 6) is 0.973. The number of ketones is 1. The van der Waals surface area contributed by atoms with Crippen molar-refractivity contribution < 1.29 is 9.53 Å². The Bertz CT molecular complexity index is 707. The van der Waals surface area contributed by atoms with Crippen LogP contribution in [-0.4, -0.2) is 28.8 Å². The summed E-state index contributed by atoms with van der Waals surface area (Å²) in [4.78, 5) is 12.5. The summed E-state index contributed by atoms with van der Waals surface area (Å²) >= 11 is 0. The van der Waals surface area contributed by atoms with Gasteiger partial charge in [0.25, 0.3) is 0 Å². The zero-order chi connectivity index (χ0) is 16.4. The van der Waals surface area contributed by atoms with Gasteiger partial charge < -0.3 is 4.74 Å². The van der Waals surface area contributed by atoms with Crippen LogP contribution in [0.15, 0.2) is 18.3 Å². The first-order valence-electron chi connectivity index (χ1n) is 8.61. The van der Waals surface area contributed by atoms with Crippen LogP contribution in [0.5, 0.6) is 0 Å². The van der Waals surface area contributed by atoms with Crippen molar-refractivity contribution in [1.29, 1.82) is 0 Å². The summed E-state index contributed by atoms with van der Waals surface area (Å²) in [5, 5.41) is 5.78. The normalized spacial score (nSPS) is 15.8. The molecule has 0 bridgehead atoms. The number of methoxy groups -OCH3 is 1. The molecule has 1 aliphatic carbocycles. The second-order valence-electron chi connectivity index (χ2n) is 6.83. The van der Waals surface area contributed by atoms with Gasteiger partial charge in [0.1, 0.15) is 0 Å². The van der Waals surface area contributed by atoms with Crippen LogP contribution in [0.1, 0.15) is 54.9 Å². The van der Waals surface area contributed by atoms with E-state index in [-0.39, 0.29) is 24.3 Å². The van der Waals surface area contributed by atoms with Crippen molar-refractivity contribution in [3.63, 3.8) is 0 Å². The number of Topliss-reactive ketones (excluding diaryl/α,β-unsaturated/α-hetero) is 1. The first kappa shape index (κ1) is 18.9. The second kappa shape index (κ2) is 8.13. The van der Waals surface area contributed by atoms with Crippen LogP contribution >= 0.6 is 12.4 Å². The number of halogens is 1. The van der Waals surface area contributed by atoms with Gasteiger partial charge in [0.15, 0.2) is 5.78 Å². The molecule has 24 heavy (non-hydrogen) atoms. The maximum Gasteiger partial charge on any atom is 0.163 e. The van der Waals surface area contributed by atoms with Crippen LogP contribution in [0, 0.1) is 12.8 Å². The molecule has 4 nitrogen and oxygen atoms in total. The summed E-state index contributed by atoms with van der Waals surface area (Å²) in [6.07, 6.45) is 7.49. The molecule has 0 saturated heterocycles. The van der Waals surface area contributed by atoms with Gasteiger partial charge in [-0.05, 0) is 56.7 Å². The summed E-state index contributed by atoms with van der Waals surface area (Å²) < 4.78 is 7.29. The fourth-order valence-electron chi connectivity index (χ4n) is 3.20. The Labute approximate surface area is 150 Å². The Balaban J connectivity index is 0.00000208. The minimum Gasteiger partial charge on any atom is -0.382 e. The minimum absolute atomic E-state index is 0. The highest BCUT2D eigenvalue weighted by molar-refractivity contribution is 6.01. The summed E-state index contributed by atoms with van der Waals surface area (Å²) in [6, 6.07) is 3.91. The van der Waals surface area contributed by atoms with Gasteiger partial charge in [0.2, 0.25) is 0 Å². The van der Waals surface area contributed by atoms with E-state index < -0.39 is 0 Å². The molecular weight excluding hydrogens is 324 g/mol. The molecule has 1 saturated carbocycles. The van der Waals surface area contributed by atoms with Crippen molar-refractivity contribution in [2.24, 2.45) is 5.92 Å². The molecule has 1 atom stereocenters. The molecule has 1 heterocycles. The molecule has 0 aliphatic heterocycles. The van der Waals surface area contributed by atoms with Crippen LogP contribution in [-0.2, 0) is 11.3 Å². The smallest absolute Gasteiger partial charge is 0.163 e. The largest absolute Gasteiger partial charge is 0.382 e. The average Bonchev–Trinajstić information content (AvgIpc) is 2.92. The lowest BCUT2D eigenvalue weighted by Gasteiger charge is -2.24. The van der Waals surface area contributed by atoms with E-state index in [2.05, 4.69) is 16.0 Å². The third-order valence-electron chi connectivity index (χ3n) is 5.16. The molecule has 0 unspecified atom stereocenters. The number of rotatable bonds is 7. The molecule has 1 aromatic carbocycles. The SMILES string of the molecule is CO[C@@H](C)CCC(=O)c1ccc2nn(CC3CCC3)cc2c1C.Cl. The summed E-state index contributed by atoms with van der Waals surface area (Å²) in [5.41, 5.74) is 2.87. The zero-order valence-corrected chi connectivity index (χ0v) is 15.6. The van der Waals surface area contributed by atoms with E-state index >= 15 is 0 Å².